The number of ether oxygens (including phenoxy) is 6. The Morgan fingerprint density at radius 3 is 1.29 bits per heavy atom. The zero-order chi connectivity index (χ0) is 48.3. The van der Waals surface area contributed by atoms with Gasteiger partial charge < -0.3 is 64.4 Å². The van der Waals surface area contributed by atoms with Crippen LogP contribution in [0.4, 0.5) is 0 Å². The van der Waals surface area contributed by atoms with Crippen molar-refractivity contribution in [3.8, 4) is 37.0 Å². The number of hydrogen-bond donors (Lipinski definition) is 5. The van der Waals surface area contributed by atoms with E-state index in [9.17, 15) is 28.9 Å². The van der Waals surface area contributed by atoms with Gasteiger partial charge in [0.2, 0.25) is 29.5 Å². The van der Waals surface area contributed by atoms with Crippen LogP contribution >= 0.6 is 6.49 Å². The van der Waals surface area contributed by atoms with Gasteiger partial charge in [0.1, 0.15) is 19.8 Å². The molecule has 0 aromatic rings. The van der Waals surface area contributed by atoms with Crippen LogP contribution in [0.3, 0.4) is 0 Å². The van der Waals surface area contributed by atoms with E-state index in [1.54, 1.807) is 13.8 Å². The molecule has 0 bridgehead atoms. The Kier molecular flexibility index (Phi) is 39.4. The molecule has 0 aromatic carbocycles. The number of rotatable bonds is 44. The van der Waals surface area contributed by atoms with E-state index in [-0.39, 0.29) is 152 Å². The van der Waals surface area contributed by atoms with Gasteiger partial charge in [-0.05, 0) is 50.7 Å². The van der Waals surface area contributed by atoms with Crippen LogP contribution in [0.5, 0.6) is 0 Å². The monoisotopic (exact) mass is 956 g/mol. The maximum atomic E-state index is 13.6. The molecule has 0 radical (unpaired) electrons. The van der Waals surface area contributed by atoms with Crippen LogP contribution in [0.2, 0.25) is 0 Å². The first-order valence-corrected chi connectivity index (χ1v) is 25.1. The molecule has 18 nitrogen and oxygen atoms in total. The molecule has 65 heavy (non-hydrogen) atoms. The van der Waals surface area contributed by atoms with Crippen LogP contribution in [-0.4, -0.2) is 153 Å². The normalized spacial score (nSPS) is 12.0. The van der Waals surface area contributed by atoms with E-state index in [4.69, 9.17) is 64.0 Å². The largest absolute Gasteiger partial charge is 0.801 e. The van der Waals surface area contributed by atoms with Gasteiger partial charge >= 0.3 is 0 Å². The Labute approximate surface area is 392 Å². The number of terminal acetylenes is 3. The minimum absolute atomic E-state index is 0.00393. The summed E-state index contributed by atoms with van der Waals surface area (Å²) in [4.78, 5) is 77.5. The van der Waals surface area contributed by atoms with Crippen LogP contribution in [0.25, 0.3) is 0 Å². The Balaban J connectivity index is 5.54. The van der Waals surface area contributed by atoms with E-state index < -0.39 is 12.0 Å². The number of nitrogens with one attached hydrogen (secondary N) is 5. The summed E-state index contributed by atoms with van der Waals surface area (Å²) < 4.78 is 37.3. The molecule has 0 aliphatic heterocycles. The molecule has 0 spiro atoms. The first-order valence-electron chi connectivity index (χ1n) is 22.4. The zero-order valence-corrected chi connectivity index (χ0v) is 40.4. The second-order valence-electron chi connectivity index (χ2n) is 15.1. The van der Waals surface area contributed by atoms with Crippen LogP contribution in [0.1, 0.15) is 97.3 Å². The maximum absolute atomic E-state index is 13.6. The van der Waals surface area contributed by atoms with Crippen molar-refractivity contribution < 1.29 is 61.8 Å². The van der Waals surface area contributed by atoms with Gasteiger partial charge in [-0.15, -0.1) is 19.3 Å². The van der Waals surface area contributed by atoms with Crippen molar-refractivity contribution in [1.29, 1.82) is 0 Å². The van der Waals surface area contributed by atoms with Crippen molar-refractivity contribution in [1.82, 2.24) is 26.6 Å². The average Bonchev–Trinajstić information content (AvgIpc) is 3.27. The second kappa shape index (κ2) is 41.8. The third kappa shape index (κ3) is 38.2. The number of carbonyl (C=O) groups is 5. The molecule has 0 fully saturated rings. The molecular weight excluding hydrogens is 882 g/mol. The highest BCUT2D eigenvalue weighted by molar-refractivity contribution is 8.09. The lowest BCUT2D eigenvalue weighted by Crippen LogP contribution is -2.50. The molecular formula is C45H75N5O13PS-. The first-order chi connectivity index (χ1) is 31.3. The summed E-state index contributed by atoms with van der Waals surface area (Å²) in [5, 5.41) is 14.4. The van der Waals surface area contributed by atoms with Crippen LogP contribution in [0.15, 0.2) is 0 Å². The van der Waals surface area contributed by atoms with Gasteiger partial charge in [-0.1, -0.05) is 56.3 Å². The lowest BCUT2D eigenvalue weighted by atomic mass is 9.82. The number of hydrogen-bond acceptors (Lipinski definition) is 14. The Morgan fingerprint density at radius 2 is 0.877 bits per heavy atom. The van der Waals surface area contributed by atoms with Crippen molar-refractivity contribution in [2.24, 2.45) is 0 Å². The molecule has 1 atom stereocenters. The fourth-order valence-electron chi connectivity index (χ4n) is 5.73. The van der Waals surface area contributed by atoms with Crippen molar-refractivity contribution in [3.05, 3.63) is 0 Å². The molecule has 370 valence electrons. The van der Waals surface area contributed by atoms with Crippen molar-refractivity contribution >= 4 is 47.8 Å². The summed E-state index contributed by atoms with van der Waals surface area (Å²) in [6.07, 6.45) is 19.3. The summed E-state index contributed by atoms with van der Waals surface area (Å²) in [5.41, 5.74) is -1.35. The van der Waals surface area contributed by atoms with E-state index in [1.165, 1.54) is 0 Å². The van der Waals surface area contributed by atoms with Crippen molar-refractivity contribution in [2.45, 2.75) is 109 Å². The average molecular weight is 957 g/mol. The van der Waals surface area contributed by atoms with E-state index >= 15 is 0 Å². The van der Waals surface area contributed by atoms with Gasteiger partial charge in [-0.25, -0.2) is 0 Å². The predicted molar refractivity (Wildman–Crippen MR) is 250 cm³/mol. The highest BCUT2D eigenvalue weighted by Crippen LogP contribution is 2.42. The third-order valence-corrected chi connectivity index (χ3v) is 12.8. The summed E-state index contributed by atoms with van der Waals surface area (Å²) in [6.45, 7) is 5.13. The van der Waals surface area contributed by atoms with Crippen LogP contribution < -0.4 is 31.5 Å². The van der Waals surface area contributed by atoms with Gasteiger partial charge in [0.15, 0.2) is 0 Å². The highest BCUT2D eigenvalue weighted by Gasteiger charge is 2.33. The van der Waals surface area contributed by atoms with Crippen LogP contribution in [-0.2, 0) is 68.7 Å². The standard InChI is InChI=1S/C45H76N5O13PS/c1-6-26-57-33-36-60-30-23-47-41(52)16-19-45(20-17-42(53)48-24-31-61-37-34-58-27-7-2,21-18-43(54)49-25-32-62-38-35-59-28-8-3)50-44(55)15-13-14-40(51)46-22-11-9-10-12-29-63-64(56,65)39(4)5/h1-3,39H,9-38H2,4-5H3,(H,46,51)(H,47,52)(H,48,53)(H,49,54)(H,50,55)(H,56,65)/p-1. The zero-order valence-electron chi connectivity index (χ0n) is 38.7. The molecule has 20 heteroatoms. The number of unbranched alkanes of at least 4 members (excludes halogenated alkanes) is 3. The fraction of sp³-hybridized carbons (Fsp3) is 0.756. The first kappa shape index (κ1) is 61.4. The van der Waals surface area contributed by atoms with Gasteiger partial charge in [-0.3, -0.25) is 24.0 Å². The predicted octanol–water partition coefficient (Wildman–Crippen LogP) is 1.47. The van der Waals surface area contributed by atoms with E-state index in [1.807, 2.05) is 0 Å². The van der Waals surface area contributed by atoms with E-state index in [0.29, 0.717) is 52.8 Å². The van der Waals surface area contributed by atoms with Crippen molar-refractivity contribution in [2.75, 3.05) is 112 Å². The number of carbonyl (C=O) groups excluding carboxylic acids is 5. The van der Waals surface area contributed by atoms with E-state index in [2.05, 4.69) is 44.3 Å². The van der Waals surface area contributed by atoms with Gasteiger partial charge in [0.25, 0.3) is 0 Å². The highest BCUT2D eigenvalue weighted by atomic mass is 32.5. The third-order valence-electron chi connectivity index (χ3n) is 9.38. The van der Waals surface area contributed by atoms with Crippen LogP contribution in [0, 0.1) is 37.0 Å². The molecule has 1 unspecified atom stereocenters. The SMILES string of the molecule is C#CCOCCOCCNC(=O)CCC(CCC(=O)NCCOCCOCC#C)(CCC(=O)NCCOCCOCC#C)NC(=O)CCCC(=O)NCCCCCCOP([O-])(=S)C(C)C. The van der Waals surface area contributed by atoms with Crippen molar-refractivity contribution in [3.63, 3.8) is 0 Å². The Bertz CT molecular complexity index is 1390. The molecule has 0 saturated heterocycles. The quantitative estimate of drug-likeness (QED) is 0.0331. The lowest BCUT2D eigenvalue weighted by molar-refractivity contribution is -0.184. The van der Waals surface area contributed by atoms with Gasteiger partial charge in [-0.2, -0.15) is 0 Å². The summed E-state index contributed by atoms with van der Waals surface area (Å²) in [5.74, 6) is 5.59. The summed E-state index contributed by atoms with van der Waals surface area (Å²) in [7, 11) is 0. The molecule has 0 aliphatic carbocycles. The smallest absolute Gasteiger partial charge is 0.220 e. The summed E-state index contributed by atoms with van der Waals surface area (Å²) in [6, 6.07) is 0. The molecule has 0 aliphatic rings. The Morgan fingerprint density at radius 1 is 0.508 bits per heavy atom. The molecule has 0 aromatic heterocycles. The van der Waals surface area contributed by atoms with Gasteiger partial charge in [0.05, 0.1) is 66.1 Å². The minimum Gasteiger partial charge on any atom is -0.801 e. The topological polar surface area (TPSA) is 233 Å². The fourth-order valence-corrected chi connectivity index (χ4v) is 6.64. The molecule has 0 heterocycles. The minimum atomic E-state index is -3.00. The maximum Gasteiger partial charge on any atom is 0.220 e. The van der Waals surface area contributed by atoms with Gasteiger partial charge in [0, 0.05) is 63.8 Å². The lowest BCUT2D eigenvalue weighted by Gasteiger charge is -2.35. The molecule has 0 saturated carbocycles. The molecule has 0 rings (SSSR count). The molecule has 5 amide bonds. The number of amides is 5. The van der Waals surface area contributed by atoms with E-state index in [0.717, 1.165) is 25.7 Å². The summed E-state index contributed by atoms with van der Waals surface area (Å²) >= 11 is 5.03. The molecule has 5 N–H and O–H groups in total. The Hall–Kier alpha value is -3.64. The second-order valence-corrected chi connectivity index (χ2v) is 19.0.